The molecule has 0 radical (unpaired) electrons. The normalized spacial score (nSPS) is 17.8. The molecule has 9 nitrogen and oxygen atoms in total. The average Bonchev–Trinajstić information content (AvgIpc) is 3.18. The Hall–Kier alpha value is -2.68. The molecule has 9 heteroatoms. The van der Waals surface area contributed by atoms with Gasteiger partial charge in [0.1, 0.15) is 0 Å². The van der Waals surface area contributed by atoms with E-state index < -0.39 is 0 Å². The summed E-state index contributed by atoms with van der Waals surface area (Å²) >= 11 is 0. The second kappa shape index (κ2) is 8.55. The molecule has 0 saturated carbocycles. The SMILES string of the molecule is Cc1ccn(CCC(=O)N2CCN(c3ccc(N4CCOCC4)nn3)CC2)n1. The lowest BCUT2D eigenvalue weighted by molar-refractivity contribution is -0.131. The Morgan fingerprint density at radius 2 is 1.61 bits per heavy atom. The minimum absolute atomic E-state index is 0.182. The third kappa shape index (κ3) is 4.41. The molecule has 2 aromatic rings. The van der Waals surface area contributed by atoms with Crippen LogP contribution in [-0.4, -0.2) is 83.3 Å². The zero-order valence-corrected chi connectivity index (χ0v) is 16.3. The summed E-state index contributed by atoms with van der Waals surface area (Å²) in [5.41, 5.74) is 0.974. The van der Waals surface area contributed by atoms with Crippen molar-refractivity contribution in [2.24, 2.45) is 0 Å². The number of carbonyl (C=O) groups is 1. The van der Waals surface area contributed by atoms with Gasteiger partial charge in [-0.2, -0.15) is 5.10 Å². The van der Waals surface area contributed by atoms with Gasteiger partial charge in [0.05, 0.1) is 18.9 Å². The van der Waals surface area contributed by atoms with Crippen LogP contribution in [0.15, 0.2) is 24.4 Å². The van der Waals surface area contributed by atoms with E-state index in [0.717, 1.165) is 56.7 Å². The maximum absolute atomic E-state index is 12.5. The van der Waals surface area contributed by atoms with E-state index in [1.54, 1.807) is 0 Å². The Morgan fingerprint density at radius 3 is 2.18 bits per heavy atom. The predicted octanol–water partition coefficient (Wildman–Crippen LogP) is 0.557. The van der Waals surface area contributed by atoms with Crippen LogP contribution in [0.1, 0.15) is 12.1 Å². The van der Waals surface area contributed by atoms with Crippen molar-refractivity contribution in [3.8, 4) is 0 Å². The minimum Gasteiger partial charge on any atom is -0.378 e. The molecule has 1 amide bonds. The number of aromatic nitrogens is 4. The van der Waals surface area contributed by atoms with Crippen LogP contribution in [-0.2, 0) is 16.1 Å². The van der Waals surface area contributed by atoms with E-state index in [1.165, 1.54) is 0 Å². The Bertz CT molecular complexity index is 778. The predicted molar refractivity (Wildman–Crippen MR) is 105 cm³/mol. The molecule has 0 atom stereocenters. The molecule has 0 bridgehead atoms. The second-order valence-electron chi connectivity index (χ2n) is 7.19. The molecule has 0 spiro atoms. The van der Waals surface area contributed by atoms with Crippen molar-refractivity contribution in [3.63, 3.8) is 0 Å². The molecule has 2 aliphatic heterocycles. The molecule has 150 valence electrons. The van der Waals surface area contributed by atoms with Gasteiger partial charge in [0.2, 0.25) is 5.91 Å². The van der Waals surface area contributed by atoms with Gasteiger partial charge in [-0.05, 0) is 25.1 Å². The van der Waals surface area contributed by atoms with Crippen molar-refractivity contribution in [1.82, 2.24) is 24.9 Å². The number of amides is 1. The van der Waals surface area contributed by atoms with E-state index in [0.29, 0.717) is 26.1 Å². The first-order valence-corrected chi connectivity index (χ1v) is 9.88. The fourth-order valence-corrected chi connectivity index (χ4v) is 3.59. The molecule has 2 fully saturated rings. The highest BCUT2D eigenvalue weighted by Gasteiger charge is 2.22. The third-order valence-electron chi connectivity index (χ3n) is 5.26. The van der Waals surface area contributed by atoms with Crippen LogP contribution in [0.25, 0.3) is 0 Å². The largest absolute Gasteiger partial charge is 0.378 e. The molecule has 2 aliphatic rings. The summed E-state index contributed by atoms with van der Waals surface area (Å²) in [6.07, 6.45) is 2.40. The Morgan fingerprint density at radius 1 is 0.964 bits per heavy atom. The molecule has 4 heterocycles. The molecule has 0 unspecified atom stereocenters. The average molecular weight is 385 g/mol. The van der Waals surface area contributed by atoms with Gasteiger partial charge in [-0.25, -0.2) is 0 Å². The van der Waals surface area contributed by atoms with Crippen LogP contribution in [0, 0.1) is 6.92 Å². The monoisotopic (exact) mass is 385 g/mol. The zero-order chi connectivity index (χ0) is 19.3. The highest BCUT2D eigenvalue weighted by atomic mass is 16.5. The molecule has 4 rings (SSSR count). The molecule has 2 aromatic heterocycles. The Labute approximate surface area is 164 Å². The fraction of sp³-hybridized carbons (Fsp3) is 0.579. The number of ether oxygens (including phenoxy) is 1. The van der Waals surface area contributed by atoms with E-state index in [9.17, 15) is 4.79 Å². The van der Waals surface area contributed by atoms with Crippen LogP contribution >= 0.6 is 0 Å². The minimum atomic E-state index is 0.182. The number of aryl methyl sites for hydroxylation is 2. The van der Waals surface area contributed by atoms with Gasteiger partial charge in [-0.1, -0.05) is 0 Å². The Kier molecular flexibility index (Phi) is 5.70. The first-order valence-electron chi connectivity index (χ1n) is 9.88. The molecular weight excluding hydrogens is 358 g/mol. The molecule has 28 heavy (non-hydrogen) atoms. The van der Waals surface area contributed by atoms with Crippen LogP contribution in [0.2, 0.25) is 0 Å². The molecule has 2 saturated heterocycles. The van der Waals surface area contributed by atoms with E-state index >= 15 is 0 Å². The molecule has 0 N–H and O–H groups in total. The molecule has 0 aromatic carbocycles. The number of morpholine rings is 1. The summed E-state index contributed by atoms with van der Waals surface area (Å²) in [5, 5.41) is 13.1. The van der Waals surface area contributed by atoms with Crippen molar-refractivity contribution in [3.05, 3.63) is 30.1 Å². The maximum atomic E-state index is 12.5. The van der Waals surface area contributed by atoms with Gasteiger partial charge in [-0.15, -0.1) is 10.2 Å². The summed E-state index contributed by atoms with van der Waals surface area (Å²) in [5.74, 6) is 1.95. The van der Waals surface area contributed by atoms with Gasteiger partial charge in [0.15, 0.2) is 11.6 Å². The van der Waals surface area contributed by atoms with Crippen LogP contribution in [0.5, 0.6) is 0 Å². The molecular formula is C19H27N7O2. The second-order valence-corrected chi connectivity index (χ2v) is 7.19. The highest BCUT2D eigenvalue weighted by molar-refractivity contribution is 5.76. The number of nitrogens with zero attached hydrogens (tertiary/aromatic N) is 7. The van der Waals surface area contributed by atoms with Crippen LogP contribution < -0.4 is 9.80 Å². The Balaban J connectivity index is 1.25. The number of hydrogen-bond acceptors (Lipinski definition) is 7. The summed E-state index contributed by atoms with van der Waals surface area (Å²) < 4.78 is 7.21. The number of hydrogen-bond donors (Lipinski definition) is 0. The van der Waals surface area contributed by atoms with E-state index in [-0.39, 0.29) is 5.91 Å². The topological polar surface area (TPSA) is 79.6 Å². The zero-order valence-electron chi connectivity index (χ0n) is 16.3. The number of rotatable bonds is 5. The van der Waals surface area contributed by atoms with Crippen molar-refractivity contribution in [2.45, 2.75) is 19.9 Å². The van der Waals surface area contributed by atoms with E-state index in [2.05, 4.69) is 25.1 Å². The van der Waals surface area contributed by atoms with Crippen molar-refractivity contribution in [2.75, 3.05) is 62.3 Å². The van der Waals surface area contributed by atoms with E-state index in [1.807, 2.05) is 40.9 Å². The van der Waals surface area contributed by atoms with Gasteiger partial charge in [0, 0.05) is 58.4 Å². The lowest BCUT2D eigenvalue weighted by atomic mass is 10.2. The lowest BCUT2D eigenvalue weighted by Crippen LogP contribution is -2.49. The highest BCUT2D eigenvalue weighted by Crippen LogP contribution is 2.17. The standard InChI is InChI=1S/C19H27N7O2/c1-16-4-6-26(22-16)7-5-19(27)25-10-8-23(9-11-25)17-2-3-18(21-20-17)24-12-14-28-15-13-24/h2-4,6H,5,7-15H2,1H3. The third-order valence-corrected chi connectivity index (χ3v) is 5.26. The van der Waals surface area contributed by atoms with Crippen LogP contribution in [0.4, 0.5) is 11.6 Å². The van der Waals surface area contributed by atoms with Crippen molar-refractivity contribution in [1.29, 1.82) is 0 Å². The summed E-state index contributed by atoms with van der Waals surface area (Å²) in [6.45, 7) is 8.73. The van der Waals surface area contributed by atoms with Gasteiger partial charge >= 0.3 is 0 Å². The fourth-order valence-electron chi connectivity index (χ4n) is 3.59. The van der Waals surface area contributed by atoms with E-state index in [4.69, 9.17) is 4.74 Å². The summed E-state index contributed by atoms with van der Waals surface area (Å²) in [4.78, 5) is 18.8. The number of carbonyl (C=O) groups excluding carboxylic acids is 1. The van der Waals surface area contributed by atoms with Crippen LogP contribution in [0.3, 0.4) is 0 Å². The van der Waals surface area contributed by atoms with Crippen molar-refractivity contribution >= 4 is 17.5 Å². The quantitative estimate of drug-likeness (QED) is 0.744. The van der Waals surface area contributed by atoms with Gasteiger partial charge < -0.3 is 19.4 Å². The summed E-state index contributed by atoms with van der Waals surface area (Å²) in [6, 6.07) is 6.00. The summed E-state index contributed by atoms with van der Waals surface area (Å²) in [7, 11) is 0. The molecule has 0 aliphatic carbocycles. The first-order chi connectivity index (χ1) is 13.7. The van der Waals surface area contributed by atoms with Gasteiger partial charge in [0.25, 0.3) is 0 Å². The number of anilines is 2. The first kappa shape index (κ1) is 18.7. The van der Waals surface area contributed by atoms with Crippen molar-refractivity contribution < 1.29 is 9.53 Å². The maximum Gasteiger partial charge on any atom is 0.224 e. The smallest absolute Gasteiger partial charge is 0.224 e. The lowest BCUT2D eigenvalue weighted by Gasteiger charge is -2.35. The number of piperazine rings is 1. The van der Waals surface area contributed by atoms with Gasteiger partial charge in [-0.3, -0.25) is 9.48 Å².